The molecule has 14 heavy (non-hydrogen) atoms. The zero-order valence-electron chi connectivity index (χ0n) is 8.41. The van der Waals surface area contributed by atoms with E-state index in [0.717, 1.165) is 6.29 Å². The van der Waals surface area contributed by atoms with Crippen LogP contribution in [-0.2, 0) is 19.1 Å². The van der Waals surface area contributed by atoms with Crippen molar-refractivity contribution in [3.8, 4) is 0 Å². The fourth-order valence-corrected chi connectivity index (χ4v) is 1.82. The molecule has 1 aliphatic carbocycles. The molecule has 0 aromatic rings. The molecule has 0 N–H and O–H groups in total. The van der Waals surface area contributed by atoms with Crippen molar-refractivity contribution >= 4 is 18.0 Å². The molecule has 0 aromatic carbocycles. The molecule has 4 nitrogen and oxygen atoms in total. The minimum Gasteiger partial charge on any atom is -0.465 e. The Morgan fingerprint density at radius 1 is 1.57 bits per heavy atom. The van der Waals surface area contributed by atoms with E-state index in [4.69, 9.17) is 4.74 Å². The fraction of sp³-hybridized carbons (Fsp3) is 0.700. The van der Waals surface area contributed by atoms with Crippen LogP contribution in [0.4, 0.5) is 0 Å². The van der Waals surface area contributed by atoms with E-state index in [1.165, 1.54) is 6.92 Å². The molecule has 0 radical (unpaired) electrons. The van der Waals surface area contributed by atoms with Gasteiger partial charge in [-0.1, -0.05) is 0 Å². The Balaban J connectivity index is 2.72. The molecule has 0 bridgehead atoms. The molecule has 0 heterocycles. The highest BCUT2D eigenvalue weighted by atomic mass is 16.5. The third-order valence-corrected chi connectivity index (χ3v) is 2.75. The lowest BCUT2D eigenvalue weighted by Gasteiger charge is -2.11. The van der Waals surface area contributed by atoms with Crippen molar-refractivity contribution in [1.82, 2.24) is 0 Å². The second-order valence-corrected chi connectivity index (χ2v) is 3.55. The van der Waals surface area contributed by atoms with Gasteiger partial charge in [0.15, 0.2) is 0 Å². The molecule has 1 aliphatic rings. The zero-order chi connectivity index (χ0) is 10.8. The summed E-state index contributed by atoms with van der Waals surface area (Å²) in [6.45, 7) is 3.34. The average molecular weight is 198 g/mol. The molecule has 1 saturated carbocycles. The van der Waals surface area contributed by atoms with Gasteiger partial charge in [0, 0.05) is 6.42 Å². The largest absolute Gasteiger partial charge is 0.465 e. The monoisotopic (exact) mass is 198 g/mol. The Kier molecular flexibility index (Phi) is 3.03. The standard InChI is InChI=1S/C10H14O4/c1-3-14-9(13)10(7(2)12)6-8(10)4-5-11/h5,8H,3-4,6H2,1-2H3. The molecular weight excluding hydrogens is 184 g/mol. The maximum atomic E-state index is 11.5. The molecule has 2 unspecified atom stereocenters. The molecule has 0 amide bonds. The van der Waals surface area contributed by atoms with Gasteiger partial charge in [0.05, 0.1) is 6.61 Å². The summed E-state index contributed by atoms with van der Waals surface area (Å²) in [5, 5.41) is 0. The first-order valence-electron chi connectivity index (χ1n) is 4.71. The number of ketones is 1. The maximum absolute atomic E-state index is 11.5. The molecule has 0 aromatic heterocycles. The van der Waals surface area contributed by atoms with Gasteiger partial charge in [0.2, 0.25) is 0 Å². The lowest BCUT2D eigenvalue weighted by Crippen LogP contribution is -2.28. The minimum atomic E-state index is -1.00. The van der Waals surface area contributed by atoms with Crippen LogP contribution in [0.5, 0.6) is 0 Å². The second kappa shape index (κ2) is 3.90. The van der Waals surface area contributed by atoms with Crippen molar-refractivity contribution in [2.75, 3.05) is 6.61 Å². The molecule has 1 rings (SSSR count). The number of hydrogen-bond acceptors (Lipinski definition) is 4. The van der Waals surface area contributed by atoms with Crippen LogP contribution in [0.25, 0.3) is 0 Å². The third-order valence-electron chi connectivity index (χ3n) is 2.75. The van der Waals surface area contributed by atoms with Crippen LogP contribution >= 0.6 is 0 Å². The summed E-state index contributed by atoms with van der Waals surface area (Å²) in [6, 6.07) is 0. The van der Waals surface area contributed by atoms with Crippen LogP contribution in [0.1, 0.15) is 26.7 Å². The van der Waals surface area contributed by atoms with Gasteiger partial charge in [-0.3, -0.25) is 9.59 Å². The number of carbonyl (C=O) groups is 3. The van der Waals surface area contributed by atoms with Crippen molar-refractivity contribution in [1.29, 1.82) is 0 Å². The van der Waals surface area contributed by atoms with Crippen molar-refractivity contribution < 1.29 is 19.1 Å². The Hall–Kier alpha value is -1.19. The van der Waals surface area contributed by atoms with Gasteiger partial charge in [-0.2, -0.15) is 0 Å². The van der Waals surface area contributed by atoms with Gasteiger partial charge in [-0.05, 0) is 26.2 Å². The summed E-state index contributed by atoms with van der Waals surface area (Å²) in [4.78, 5) is 33.1. The van der Waals surface area contributed by atoms with E-state index in [1.807, 2.05) is 0 Å². The van der Waals surface area contributed by atoms with Crippen LogP contribution < -0.4 is 0 Å². The highest BCUT2D eigenvalue weighted by Crippen LogP contribution is 2.55. The first-order chi connectivity index (χ1) is 6.59. The van der Waals surface area contributed by atoms with Gasteiger partial charge in [-0.15, -0.1) is 0 Å². The highest BCUT2D eigenvalue weighted by Gasteiger charge is 2.64. The normalized spacial score (nSPS) is 29.4. The summed E-state index contributed by atoms with van der Waals surface area (Å²) >= 11 is 0. The fourth-order valence-electron chi connectivity index (χ4n) is 1.82. The van der Waals surface area contributed by atoms with Crippen molar-refractivity contribution in [2.45, 2.75) is 26.7 Å². The molecule has 2 atom stereocenters. The van der Waals surface area contributed by atoms with Gasteiger partial charge in [0.1, 0.15) is 17.5 Å². The topological polar surface area (TPSA) is 60.4 Å². The highest BCUT2D eigenvalue weighted by molar-refractivity contribution is 6.06. The Morgan fingerprint density at radius 3 is 2.64 bits per heavy atom. The summed E-state index contributed by atoms with van der Waals surface area (Å²) in [5.74, 6) is -0.807. The van der Waals surface area contributed by atoms with E-state index >= 15 is 0 Å². The lowest BCUT2D eigenvalue weighted by atomic mass is 9.98. The van der Waals surface area contributed by atoms with E-state index in [9.17, 15) is 14.4 Å². The van der Waals surface area contributed by atoms with E-state index < -0.39 is 11.4 Å². The number of Topliss-reactive ketones (excluding diaryl/α,β-unsaturated/α-hetero) is 1. The third kappa shape index (κ3) is 1.56. The number of aldehydes is 1. The Bertz CT molecular complexity index is 271. The number of esters is 1. The molecule has 1 fully saturated rings. The van der Waals surface area contributed by atoms with Crippen LogP contribution in [-0.4, -0.2) is 24.6 Å². The van der Waals surface area contributed by atoms with Crippen molar-refractivity contribution in [3.63, 3.8) is 0 Å². The molecular formula is C10H14O4. The summed E-state index contributed by atoms with van der Waals surface area (Å²) in [7, 11) is 0. The minimum absolute atomic E-state index is 0.142. The van der Waals surface area contributed by atoms with Crippen molar-refractivity contribution in [2.24, 2.45) is 11.3 Å². The summed E-state index contributed by atoms with van der Waals surface area (Å²) in [5.41, 5.74) is -1.00. The maximum Gasteiger partial charge on any atom is 0.319 e. The Labute approximate surface area is 82.6 Å². The number of hydrogen-bond donors (Lipinski definition) is 0. The average Bonchev–Trinajstić information content (AvgIpc) is 2.81. The molecule has 0 aliphatic heterocycles. The van der Waals surface area contributed by atoms with Crippen LogP contribution in [0, 0.1) is 11.3 Å². The van der Waals surface area contributed by atoms with E-state index in [0.29, 0.717) is 6.42 Å². The summed E-state index contributed by atoms with van der Waals surface area (Å²) < 4.78 is 4.83. The predicted molar refractivity (Wildman–Crippen MR) is 48.5 cm³/mol. The molecule has 4 heteroatoms. The van der Waals surface area contributed by atoms with Gasteiger partial charge in [-0.25, -0.2) is 0 Å². The molecule has 78 valence electrons. The first kappa shape index (κ1) is 10.9. The summed E-state index contributed by atoms with van der Waals surface area (Å²) in [6.07, 6.45) is 1.47. The lowest BCUT2D eigenvalue weighted by molar-refractivity contribution is -0.153. The second-order valence-electron chi connectivity index (χ2n) is 3.55. The van der Waals surface area contributed by atoms with E-state index in [-0.39, 0.29) is 24.7 Å². The predicted octanol–water partition coefficient (Wildman–Crippen LogP) is 0.734. The SMILES string of the molecule is CCOC(=O)C1(C(C)=O)CC1CC=O. The van der Waals surface area contributed by atoms with Crippen LogP contribution in [0.15, 0.2) is 0 Å². The first-order valence-corrected chi connectivity index (χ1v) is 4.71. The number of carbonyl (C=O) groups excluding carboxylic acids is 3. The van der Waals surface area contributed by atoms with E-state index in [1.54, 1.807) is 6.92 Å². The quantitative estimate of drug-likeness (QED) is 0.371. The van der Waals surface area contributed by atoms with Crippen LogP contribution in [0.2, 0.25) is 0 Å². The van der Waals surface area contributed by atoms with Gasteiger partial charge < -0.3 is 9.53 Å². The smallest absolute Gasteiger partial charge is 0.319 e. The van der Waals surface area contributed by atoms with Crippen molar-refractivity contribution in [3.05, 3.63) is 0 Å². The van der Waals surface area contributed by atoms with Gasteiger partial charge >= 0.3 is 5.97 Å². The molecule has 0 spiro atoms. The Morgan fingerprint density at radius 2 is 2.21 bits per heavy atom. The van der Waals surface area contributed by atoms with Crippen LogP contribution in [0.3, 0.4) is 0 Å². The number of ether oxygens (including phenoxy) is 1. The van der Waals surface area contributed by atoms with E-state index in [2.05, 4.69) is 0 Å². The number of rotatable bonds is 5. The zero-order valence-corrected chi connectivity index (χ0v) is 8.41. The molecule has 0 saturated heterocycles. The van der Waals surface area contributed by atoms with Gasteiger partial charge in [0.25, 0.3) is 0 Å².